The van der Waals surface area contributed by atoms with Gasteiger partial charge in [-0.25, -0.2) is 4.39 Å². The first-order chi connectivity index (χ1) is 18.3. The molecule has 0 unspecified atom stereocenters. The van der Waals surface area contributed by atoms with E-state index in [4.69, 9.17) is 12.2 Å². The molecular weight excluding hydrogens is 497 g/mol. The first-order valence-electron chi connectivity index (χ1n) is 12.6. The third-order valence-electron chi connectivity index (χ3n) is 7.01. The number of amides is 1. The molecule has 4 aromatic rings. The maximum atomic E-state index is 14.1. The molecule has 1 aliphatic rings. The largest absolute Gasteiger partial charge is 0.352 e. The highest BCUT2D eigenvalue weighted by Crippen LogP contribution is 2.41. The number of nitrogens with one attached hydrogen (secondary N) is 2. The molecule has 2 N–H and O–H groups in total. The van der Waals surface area contributed by atoms with Crippen molar-refractivity contribution in [3.05, 3.63) is 113 Å². The molecule has 5 rings (SSSR count). The van der Waals surface area contributed by atoms with E-state index < -0.39 is 5.82 Å². The third kappa shape index (κ3) is 5.04. The molecule has 8 heteroatoms. The number of hydrogen-bond acceptors (Lipinski definition) is 3. The standard InChI is InChI=1S/C30H30FN5OS/c1-19-11-13-22(14-12-19)36-20(2)18-23(21(36)3)29-28(26-10-6-7-16-32-26)34-30(38)35(29)17-15-27(37)33-25-9-5-4-8-24(25)31/h4-14,16,18,28-29H,15,17H2,1-3H3,(H,33,37)(H,34,38)/t28-,29+/m0/s1. The van der Waals surface area contributed by atoms with Crippen LogP contribution < -0.4 is 10.6 Å². The van der Waals surface area contributed by atoms with E-state index in [0.29, 0.717) is 11.7 Å². The number of benzene rings is 2. The fourth-order valence-corrected chi connectivity index (χ4v) is 5.49. The molecule has 0 spiro atoms. The fourth-order valence-electron chi connectivity index (χ4n) is 5.16. The van der Waals surface area contributed by atoms with Gasteiger partial charge in [-0.15, -0.1) is 0 Å². The number of thiocarbonyl (C=S) groups is 1. The molecule has 0 radical (unpaired) electrons. The minimum absolute atomic E-state index is 0.151. The van der Waals surface area contributed by atoms with Crippen molar-refractivity contribution in [1.82, 2.24) is 19.8 Å². The summed E-state index contributed by atoms with van der Waals surface area (Å²) in [6.45, 7) is 6.66. The minimum atomic E-state index is -0.462. The molecule has 0 bridgehead atoms. The summed E-state index contributed by atoms with van der Waals surface area (Å²) in [7, 11) is 0. The van der Waals surface area contributed by atoms with E-state index in [9.17, 15) is 9.18 Å². The summed E-state index contributed by atoms with van der Waals surface area (Å²) in [5.41, 5.74) is 6.66. The Morgan fingerprint density at radius 2 is 1.79 bits per heavy atom. The maximum Gasteiger partial charge on any atom is 0.226 e. The highest BCUT2D eigenvalue weighted by molar-refractivity contribution is 7.80. The number of rotatable bonds is 7. The number of hydrogen-bond donors (Lipinski definition) is 2. The Morgan fingerprint density at radius 1 is 1.05 bits per heavy atom. The first kappa shape index (κ1) is 25.6. The average Bonchev–Trinajstić information content (AvgIpc) is 3.39. The molecule has 0 aliphatic carbocycles. The van der Waals surface area contributed by atoms with E-state index >= 15 is 0 Å². The van der Waals surface area contributed by atoms with Crippen LogP contribution in [0.2, 0.25) is 0 Å². The Balaban J connectivity index is 1.47. The number of carbonyl (C=O) groups is 1. The van der Waals surface area contributed by atoms with Crippen molar-refractivity contribution < 1.29 is 9.18 Å². The Hall–Kier alpha value is -4.04. The van der Waals surface area contributed by atoms with Crippen molar-refractivity contribution in [2.24, 2.45) is 0 Å². The van der Waals surface area contributed by atoms with Gasteiger partial charge in [0, 0.05) is 36.2 Å². The van der Waals surface area contributed by atoms with Crippen molar-refractivity contribution in [3.8, 4) is 5.69 Å². The minimum Gasteiger partial charge on any atom is -0.352 e. The maximum absolute atomic E-state index is 14.1. The Labute approximate surface area is 227 Å². The smallest absolute Gasteiger partial charge is 0.226 e. The van der Waals surface area contributed by atoms with E-state index in [0.717, 1.165) is 28.3 Å². The lowest BCUT2D eigenvalue weighted by atomic mass is 9.96. The van der Waals surface area contributed by atoms with Gasteiger partial charge in [-0.05, 0) is 81.0 Å². The molecule has 6 nitrogen and oxygen atoms in total. The van der Waals surface area contributed by atoms with Crippen LogP contribution in [0.1, 0.15) is 46.7 Å². The number of pyridine rings is 1. The van der Waals surface area contributed by atoms with E-state index in [1.54, 1.807) is 24.4 Å². The van der Waals surface area contributed by atoms with Gasteiger partial charge < -0.3 is 20.1 Å². The zero-order chi connectivity index (χ0) is 26.8. The second-order valence-corrected chi connectivity index (χ2v) is 9.98. The topological polar surface area (TPSA) is 62.2 Å². The second kappa shape index (κ2) is 10.8. The number of aryl methyl sites for hydroxylation is 2. The quantitative estimate of drug-likeness (QED) is 0.292. The number of nitrogens with zero attached hydrogens (tertiary/aromatic N) is 3. The lowest BCUT2D eigenvalue weighted by molar-refractivity contribution is -0.116. The van der Waals surface area contributed by atoms with Crippen LogP contribution in [-0.4, -0.2) is 32.0 Å². The van der Waals surface area contributed by atoms with E-state index in [-0.39, 0.29) is 30.1 Å². The summed E-state index contributed by atoms with van der Waals surface area (Å²) < 4.78 is 16.3. The lowest BCUT2D eigenvalue weighted by Crippen LogP contribution is -2.33. The van der Waals surface area contributed by atoms with Crippen LogP contribution in [0, 0.1) is 26.6 Å². The van der Waals surface area contributed by atoms with Crippen LogP contribution in [0.25, 0.3) is 5.69 Å². The number of para-hydroxylation sites is 1. The van der Waals surface area contributed by atoms with Gasteiger partial charge in [0.2, 0.25) is 5.91 Å². The van der Waals surface area contributed by atoms with E-state index in [1.165, 1.54) is 11.6 Å². The summed E-state index contributed by atoms with van der Waals surface area (Å²) >= 11 is 5.78. The molecule has 2 atom stereocenters. The second-order valence-electron chi connectivity index (χ2n) is 9.60. The van der Waals surface area contributed by atoms with Gasteiger partial charge in [-0.3, -0.25) is 9.78 Å². The van der Waals surface area contributed by atoms with Crippen LogP contribution in [0.15, 0.2) is 79.0 Å². The number of aromatic nitrogens is 2. The van der Waals surface area contributed by atoms with Crippen molar-refractivity contribution in [2.45, 2.75) is 39.3 Å². The normalized spacial score (nSPS) is 16.9. The van der Waals surface area contributed by atoms with Gasteiger partial charge in [0.15, 0.2) is 5.11 Å². The lowest BCUT2D eigenvalue weighted by Gasteiger charge is -2.28. The summed E-state index contributed by atoms with van der Waals surface area (Å²) in [6, 6.07) is 22.3. The monoisotopic (exact) mass is 527 g/mol. The molecule has 3 heterocycles. The van der Waals surface area contributed by atoms with Gasteiger partial charge in [-0.2, -0.15) is 0 Å². The number of anilines is 1. The molecule has 0 saturated carbocycles. The molecule has 1 aliphatic heterocycles. The van der Waals surface area contributed by atoms with Gasteiger partial charge >= 0.3 is 0 Å². The van der Waals surface area contributed by atoms with E-state index in [2.05, 4.69) is 76.2 Å². The predicted octanol–water partition coefficient (Wildman–Crippen LogP) is 5.94. The van der Waals surface area contributed by atoms with Crippen LogP contribution in [0.5, 0.6) is 0 Å². The molecule has 194 valence electrons. The predicted molar refractivity (Wildman–Crippen MR) is 152 cm³/mol. The van der Waals surface area contributed by atoms with Crippen LogP contribution in [-0.2, 0) is 4.79 Å². The van der Waals surface area contributed by atoms with Crippen molar-refractivity contribution >= 4 is 28.9 Å². The average molecular weight is 528 g/mol. The molecular formula is C30H30FN5OS. The van der Waals surface area contributed by atoms with Crippen molar-refractivity contribution in [1.29, 1.82) is 0 Å². The Bertz CT molecular complexity index is 1470. The molecule has 2 aromatic heterocycles. The molecule has 1 saturated heterocycles. The van der Waals surface area contributed by atoms with Gasteiger partial charge in [0.05, 0.1) is 23.5 Å². The van der Waals surface area contributed by atoms with Gasteiger partial charge in [-0.1, -0.05) is 35.9 Å². The van der Waals surface area contributed by atoms with E-state index in [1.807, 2.05) is 18.2 Å². The third-order valence-corrected chi connectivity index (χ3v) is 7.36. The van der Waals surface area contributed by atoms with Crippen LogP contribution >= 0.6 is 12.2 Å². The van der Waals surface area contributed by atoms with Crippen molar-refractivity contribution in [3.63, 3.8) is 0 Å². The number of halogens is 1. The van der Waals surface area contributed by atoms with Crippen LogP contribution in [0.3, 0.4) is 0 Å². The summed E-state index contributed by atoms with van der Waals surface area (Å²) in [5, 5.41) is 6.68. The molecule has 2 aromatic carbocycles. The van der Waals surface area contributed by atoms with Crippen molar-refractivity contribution in [2.75, 3.05) is 11.9 Å². The Kier molecular flexibility index (Phi) is 7.24. The summed E-state index contributed by atoms with van der Waals surface area (Å²) in [6.07, 6.45) is 1.93. The molecule has 1 fully saturated rings. The van der Waals surface area contributed by atoms with Gasteiger partial charge in [0.25, 0.3) is 0 Å². The zero-order valence-electron chi connectivity index (χ0n) is 21.6. The highest BCUT2D eigenvalue weighted by atomic mass is 32.1. The fraction of sp³-hybridized carbons (Fsp3) is 0.233. The van der Waals surface area contributed by atoms with Crippen LogP contribution in [0.4, 0.5) is 10.1 Å². The Morgan fingerprint density at radius 3 is 2.50 bits per heavy atom. The van der Waals surface area contributed by atoms with Gasteiger partial charge in [0.1, 0.15) is 5.82 Å². The SMILES string of the molecule is Cc1ccc(-n2c(C)cc([C@@H]3[C@H](c4ccccn4)NC(=S)N3CCC(=O)Nc3ccccc3F)c2C)cc1. The first-order valence-corrected chi connectivity index (χ1v) is 13.0. The number of carbonyl (C=O) groups excluding carboxylic acids is 1. The highest BCUT2D eigenvalue weighted by Gasteiger charge is 2.41. The molecule has 1 amide bonds. The molecule has 38 heavy (non-hydrogen) atoms. The summed E-state index contributed by atoms with van der Waals surface area (Å²) in [4.78, 5) is 19.4. The zero-order valence-corrected chi connectivity index (χ0v) is 22.4. The summed E-state index contributed by atoms with van der Waals surface area (Å²) in [5.74, 6) is -0.737.